The monoisotopic (exact) mass is 138 g/mol. The standard InChI is InChI=1S/C6H11NO2/c8-6(9)5-1-3-7-4-2-5/h5,7H,1-4H2,(H,8,9)/i1D2,2D2,3D,4D2,5D/hD. The Kier molecular flexibility index (Phi) is 0.481. The molecule has 0 spiro atoms. The molecule has 0 aromatic heterocycles. The molecule has 0 radical (unpaired) electrons. The number of piperidine rings is 1. The Morgan fingerprint density at radius 2 is 2.78 bits per heavy atom. The molecule has 3 nitrogen and oxygen atoms in total. The van der Waals surface area contributed by atoms with Crippen molar-refractivity contribution in [2.24, 2.45) is 5.89 Å². The van der Waals surface area contributed by atoms with Crippen molar-refractivity contribution in [1.82, 2.24) is 5.31 Å². The van der Waals surface area contributed by atoms with E-state index in [1.54, 1.807) is 0 Å². The third kappa shape index (κ3) is 1.68. The van der Waals surface area contributed by atoms with Gasteiger partial charge in [0.15, 0.2) is 0 Å². The van der Waals surface area contributed by atoms with Gasteiger partial charge in [-0.25, -0.2) is 0 Å². The summed E-state index contributed by atoms with van der Waals surface area (Å²) >= 11 is 0. The van der Waals surface area contributed by atoms with Gasteiger partial charge < -0.3 is 10.4 Å². The van der Waals surface area contributed by atoms with Gasteiger partial charge in [-0.2, -0.15) is 0 Å². The molecule has 1 aliphatic rings. The van der Waals surface area contributed by atoms with Gasteiger partial charge in [0, 0.05) is 11.0 Å². The summed E-state index contributed by atoms with van der Waals surface area (Å²) in [5.41, 5.74) is 0. The number of carboxylic acids is 1. The molecule has 2 atom stereocenters. The maximum atomic E-state index is 11.1. The molecule has 1 rings (SSSR count). The smallest absolute Gasteiger partial charge is 0.306 e. The van der Waals surface area contributed by atoms with Gasteiger partial charge in [0.2, 0.25) is 0 Å². The highest BCUT2D eigenvalue weighted by atomic mass is 16.4. The molecule has 0 aromatic rings. The first-order chi connectivity index (χ1) is 7.76. The largest absolute Gasteiger partial charge is 0.481 e. The highest BCUT2D eigenvalue weighted by Crippen LogP contribution is 2.10. The molecule has 1 fully saturated rings. The zero-order valence-electron chi connectivity index (χ0n) is 13.4. The van der Waals surface area contributed by atoms with E-state index < -0.39 is 37.6 Å². The van der Waals surface area contributed by atoms with Crippen LogP contribution in [0.25, 0.3) is 0 Å². The number of hydrogen-bond donors (Lipinski definition) is 2. The zero-order valence-corrected chi connectivity index (χ0v) is 4.38. The second kappa shape index (κ2) is 2.82. The summed E-state index contributed by atoms with van der Waals surface area (Å²) in [6.45, 7) is -5.63. The first-order valence-corrected chi connectivity index (χ1v) is 2.20. The SMILES string of the molecule is [2H]C1N([2H])C([2H])([2H])C([2H])([2H])C([2H])(C(=O)O)C1([2H])[2H]. The van der Waals surface area contributed by atoms with E-state index in [-0.39, 0.29) is 5.31 Å². The minimum Gasteiger partial charge on any atom is -0.481 e. The van der Waals surface area contributed by atoms with Gasteiger partial charge in [0.1, 0.15) is 1.41 Å². The fourth-order valence-corrected chi connectivity index (χ4v) is 0.369. The molecule has 2 N–H and O–H groups in total. The van der Waals surface area contributed by atoms with Crippen molar-refractivity contribution in [3.8, 4) is 0 Å². The highest BCUT2D eigenvalue weighted by molar-refractivity contribution is 5.70. The van der Waals surface area contributed by atoms with E-state index in [1.165, 1.54) is 0 Å². The van der Waals surface area contributed by atoms with E-state index in [2.05, 4.69) is 0 Å². The molecule has 9 heavy (non-hydrogen) atoms. The van der Waals surface area contributed by atoms with Crippen molar-refractivity contribution in [3.05, 3.63) is 0 Å². The van der Waals surface area contributed by atoms with Gasteiger partial charge in [0.25, 0.3) is 0 Å². The van der Waals surface area contributed by atoms with Crippen molar-refractivity contribution in [3.63, 3.8) is 0 Å². The molecular formula is C6H11NO2. The van der Waals surface area contributed by atoms with Crippen molar-refractivity contribution < 1.29 is 22.3 Å². The van der Waals surface area contributed by atoms with Crippen LogP contribution in [0.4, 0.5) is 0 Å². The van der Waals surface area contributed by atoms with Gasteiger partial charge in [-0.05, 0) is 25.8 Å². The lowest BCUT2D eigenvalue weighted by molar-refractivity contribution is -0.142. The van der Waals surface area contributed by atoms with Crippen LogP contribution in [-0.4, -0.2) is 24.1 Å². The minimum absolute atomic E-state index is 0.289. The molecule has 3 heteroatoms. The van der Waals surface area contributed by atoms with Crippen LogP contribution in [0.5, 0.6) is 0 Å². The second-order valence-electron chi connectivity index (χ2n) is 1.32. The Morgan fingerprint density at radius 3 is 3.44 bits per heavy atom. The number of nitrogens with one attached hydrogen (secondary N) is 1. The maximum absolute atomic E-state index is 11.1. The molecule has 0 saturated carbocycles. The van der Waals surface area contributed by atoms with E-state index in [0.717, 1.165) is 0 Å². The first-order valence-electron chi connectivity index (χ1n) is 6.72. The Balaban J connectivity index is 3.61. The number of carboxylic acid groups (broad SMARTS) is 1. The molecular weight excluding hydrogens is 118 g/mol. The highest BCUT2D eigenvalue weighted by Gasteiger charge is 2.18. The molecule has 1 saturated heterocycles. The van der Waals surface area contributed by atoms with Gasteiger partial charge in [-0.1, -0.05) is 0 Å². The summed E-state index contributed by atoms with van der Waals surface area (Å²) in [7, 11) is 0. The van der Waals surface area contributed by atoms with Crippen LogP contribution < -0.4 is 5.31 Å². The van der Waals surface area contributed by atoms with Crippen molar-refractivity contribution in [2.75, 3.05) is 13.0 Å². The van der Waals surface area contributed by atoms with E-state index >= 15 is 0 Å². The summed E-state index contributed by atoms with van der Waals surface area (Å²) in [5.74, 6) is -5.75. The van der Waals surface area contributed by atoms with Gasteiger partial charge in [-0.15, -0.1) is 0 Å². The lowest BCUT2D eigenvalue weighted by atomic mass is 9.99. The van der Waals surface area contributed by atoms with Crippen LogP contribution in [0.15, 0.2) is 0 Å². The van der Waals surface area contributed by atoms with Crippen LogP contribution in [0.2, 0.25) is 1.41 Å². The molecule has 0 amide bonds. The predicted molar refractivity (Wildman–Crippen MR) is 33.2 cm³/mol. The third-order valence-electron chi connectivity index (χ3n) is 0.733. The topological polar surface area (TPSA) is 49.3 Å². The van der Waals surface area contributed by atoms with E-state index in [1.807, 2.05) is 0 Å². The average Bonchev–Trinajstić information content (AvgIpc) is 2.23. The number of carbonyl (C=O) groups is 1. The maximum Gasteiger partial charge on any atom is 0.306 e. The lowest BCUT2D eigenvalue weighted by Gasteiger charge is -2.17. The normalized spacial score (nSPS) is 77.8. The molecule has 0 aliphatic carbocycles. The molecule has 1 aliphatic heterocycles. The Bertz CT molecular complexity index is 385. The average molecular weight is 138 g/mol. The van der Waals surface area contributed by atoms with Crippen molar-refractivity contribution in [1.29, 1.82) is 0 Å². The molecule has 0 aromatic carbocycles. The number of rotatable bonds is 1. The van der Waals surface area contributed by atoms with Crippen LogP contribution in [-0.2, 0) is 4.79 Å². The van der Waals surface area contributed by atoms with E-state index in [4.69, 9.17) is 17.5 Å². The molecule has 1 heterocycles. The fourth-order valence-electron chi connectivity index (χ4n) is 0.369. The predicted octanol–water partition coefficient (Wildman–Crippen LogP) is 0.0706. The van der Waals surface area contributed by atoms with Gasteiger partial charge in [-0.3, -0.25) is 4.79 Å². The summed E-state index contributed by atoms with van der Waals surface area (Å²) in [5, 5.41) is 8.62. The lowest BCUT2D eigenvalue weighted by Crippen LogP contribution is -2.31. The first kappa shape index (κ1) is 1.53. The number of hydrogen-bond acceptors (Lipinski definition) is 2. The van der Waals surface area contributed by atoms with E-state index in [0.29, 0.717) is 0 Å². The van der Waals surface area contributed by atoms with Gasteiger partial charge in [0.05, 0.1) is 5.89 Å². The summed E-state index contributed by atoms with van der Waals surface area (Å²) < 4.78 is 66.5. The zero-order chi connectivity index (χ0) is 14.7. The summed E-state index contributed by atoms with van der Waals surface area (Å²) in [6, 6.07) is 0. The van der Waals surface area contributed by atoms with Crippen LogP contribution in [0, 0.1) is 5.89 Å². The van der Waals surface area contributed by atoms with Crippen LogP contribution in [0.1, 0.15) is 23.7 Å². The van der Waals surface area contributed by atoms with Crippen LogP contribution in [0.3, 0.4) is 0 Å². The third-order valence-corrected chi connectivity index (χ3v) is 0.733. The van der Waals surface area contributed by atoms with Crippen molar-refractivity contribution >= 4 is 5.97 Å². The quantitative estimate of drug-likeness (QED) is 0.539. The van der Waals surface area contributed by atoms with Crippen molar-refractivity contribution in [2.45, 2.75) is 12.7 Å². The Morgan fingerprint density at radius 1 is 2.00 bits per heavy atom. The molecule has 0 bridgehead atoms. The van der Waals surface area contributed by atoms with Gasteiger partial charge >= 0.3 is 5.97 Å². The molecule has 52 valence electrons. The number of aliphatic carboxylic acids is 1. The summed E-state index contributed by atoms with van der Waals surface area (Å²) in [4.78, 5) is 11.1. The minimum atomic E-state index is -3.53. The second-order valence-corrected chi connectivity index (χ2v) is 1.32. The fraction of sp³-hybridized carbons (Fsp3) is 0.833. The summed E-state index contributed by atoms with van der Waals surface area (Å²) in [6.07, 6.45) is -6.79. The molecule has 2 unspecified atom stereocenters. The Labute approximate surface area is 66.8 Å². The van der Waals surface area contributed by atoms with E-state index in [9.17, 15) is 4.79 Å². The van der Waals surface area contributed by atoms with Crippen LogP contribution >= 0.6 is 0 Å². The Hall–Kier alpha value is -0.570.